The number of sulfonamides is 1. The molecule has 0 saturated carbocycles. The molecule has 1 unspecified atom stereocenters. The fourth-order valence-electron chi connectivity index (χ4n) is 1.88. The third-order valence-electron chi connectivity index (χ3n) is 3.09. The van der Waals surface area contributed by atoms with Gasteiger partial charge < -0.3 is 5.11 Å². The molecule has 0 bridgehead atoms. The highest BCUT2D eigenvalue weighted by molar-refractivity contribution is 7.89. The van der Waals surface area contributed by atoms with E-state index in [1.807, 2.05) is 20.8 Å². The van der Waals surface area contributed by atoms with Crippen molar-refractivity contribution in [1.82, 2.24) is 4.72 Å². The Kier molecular flexibility index (Phi) is 6.28. The van der Waals surface area contributed by atoms with Crippen molar-refractivity contribution in [2.24, 2.45) is 5.92 Å². The zero-order chi connectivity index (χ0) is 15.5. The minimum absolute atomic E-state index is 0.00279. The van der Waals surface area contributed by atoms with E-state index in [0.29, 0.717) is 6.42 Å². The van der Waals surface area contributed by atoms with Gasteiger partial charge in [0.1, 0.15) is 4.90 Å². The van der Waals surface area contributed by atoms with Gasteiger partial charge in [0.15, 0.2) is 0 Å². The highest BCUT2D eigenvalue weighted by Crippen LogP contribution is 2.30. The van der Waals surface area contributed by atoms with E-state index in [1.165, 1.54) is 12.1 Å². The van der Waals surface area contributed by atoms with Gasteiger partial charge >= 0.3 is 0 Å². The third-order valence-corrected chi connectivity index (χ3v) is 5.38. The molecule has 0 saturated heterocycles. The van der Waals surface area contributed by atoms with E-state index in [-0.39, 0.29) is 39.1 Å². The van der Waals surface area contributed by atoms with Crippen LogP contribution in [0.1, 0.15) is 32.8 Å². The lowest BCUT2D eigenvalue weighted by molar-refractivity contribution is 0.281. The van der Waals surface area contributed by atoms with Crippen LogP contribution in [0.4, 0.5) is 0 Å². The SMILES string of the molecule is CCC(NS(=O)(=O)c1cc(Cl)cc(CO)c1Cl)C(C)C. The molecule has 20 heavy (non-hydrogen) atoms. The second-order valence-electron chi connectivity index (χ2n) is 4.92. The van der Waals surface area contributed by atoms with E-state index in [9.17, 15) is 13.5 Å². The fraction of sp³-hybridized carbons (Fsp3) is 0.538. The molecule has 1 rings (SSSR count). The smallest absolute Gasteiger partial charge is 0.242 e. The number of rotatable bonds is 6. The van der Waals surface area contributed by atoms with Crippen molar-refractivity contribution in [3.05, 3.63) is 27.7 Å². The van der Waals surface area contributed by atoms with E-state index < -0.39 is 10.0 Å². The Morgan fingerprint density at radius 2 is 1.90 bits per heavy atom. The second-order valence-corrected chi connectivity index (χ2v) is 7.41. The minimum Gasteiger partial charge on any atom is -0.392 e. The van der Waals surface area contributed by atoms with Gasteiger partial charge in [0, 0.05) is 11.1 Å². The molecule has 1 aromatic rings. The normalized spacial score (nSPS) is 13.8. The number of halogens is 2. The number of benzene rings is 1. The average molecular weight is 340 g/mol. The molecule has 0 aliphatic heterocycles. The first kappa shape index (κ1) is 17.7. The van der Waals surface area contributed by atoms with Crippen molar-refractivity contribution in [1.29, 1.82) is 0 Å². The Labute approximate surface area is 130 Å². The minimum atomic E-state index is -3.78. The summed E-state index contributed by atoms with van der Waals surface area (Å²) in [6.07, 6.45) is 0.669. The molecule has 1 aromatic carbocycles. The zero-order valence-electron chi connectivity index (χ0n) is 11.7. The number of hydrogen-bond donors (Lipinski definition) is 2. The van der Waals surface area contributed by atoms with Crippen molar-refractivity contribution in [3.63, 3.8) is 0 Å². The molecule has 0 aliphatic rings. The van der Waals surface area contributed by atoms with Crippen molar-refractivity contribution in [2.45, 2.75) is 44.7 Å². The Morgan fingerprint density at radius 1 is 1.30 bits per heavy atom. The number of hydrogen-bond acceptors (Lipinski definition) is 3. The Morgan fingerprint density at radius 3 is 2.35 bits per heavy atom. The first-order valence-electron chi connectivity index (χ1n) is 6.34. The maximum Gasteiger partial charge on any atom is 0.242 e. The average Bonchev–Trinajstić information content (AvgIpc) is 2.37. The highest BCUT2D eigenvalue weighted by atomic mass is 35.5. The molecule has 2 N–H and O–H groups in total. The molecule has 0 amide bonds. The van der Waals surface area contributed by atoms with Crippen LogP contribution in [0.5, 0.6) is 0 Å². The molecule has 4 nitrogen and oxygen atoms in total. The maximum absolute atomic E-state index is 12.4. The van der Waals surface area contributed by atoms with Gasteiger partial charge in [-0.3, -0.25) is 0 Å². The van der Waals surface area contributed by atoms with E-state index in [2.05, 4.69) is 4.72 Å². The lowest BCUT2D eigenvalue weighted by Gasteiger charge is -2.21. The Hall–Kier alpha value is -0.330. The Balaban J connectivity index is 3.25. The van der Waals surface area contributed by atoms with Crippen LogP contribution in [0, 0.1) is 5.92 Å². The summed E-state index contributed by atoms with van der Waals surface area (Å²) in [6, 6.07) is 2.55. The monoisotopic (exact) mass is 339 g/mol. The molecule has 0 aromatic heterocycles. The maximum atomic E-state index is 12.4. The van der Waals surface area contributed by atoms with Gasteiger partial charge in [-0.25, -0.2) is 13.1 Å². The summed E-state index contributed by atoms with van der Waals surface area (Å²) in [4.78, 5) is -0.102. The van der Waals surface area contributed by atoms with Crippen LogP contribution in [0.3, 0.4) is 0 Å². The van der Waals surface area contributed by atoms with Gasteiger partial charge in [0.05, 0.1) is 11.6 Å². The number of aliphatic hydroxyl groups is 1. The van der Waals surface area contributed by atoms with Crippen molar-refractivity contribution < 1.29 is 13.5 Å². The van der Waals surface area contributed by atoms with Crippen LogP contribution in [0.25, 0.3) is 0 Å². The standard InChI is InChI=1S/C13H19Cl2NO3S/c1-4-11(8(2)3)16-20(18,19)12-6-10(14)5-9(7-17)13(12)15/h5-6,8,11,16-17H,4,7H2,1-3H3. The van der Waals surface area contributed by atoms with Crippen LogP contribution in [-0.2, 0) is 16.6 Å². The van der Waals surface area contributed by atoms with Gasteiger partial charge in [-0.05, 0) is 30.0 Å². The van der Waals surface area contributed by atoms with E-state index in [1.54, 1.807) is 0 Å². The van der Waals surface area contributed by atoms with Crippen LogP contribution in [0.15, 0.2) is 17.0 Å². The number of nitrogens with one attached hydrogen (secondary N) is 1. The fourth-order valence-corrected chi connectivity index (χ4v) is 4.28. The van der Waals surface area contributed by atoms with Crippen LogP contribution < -0.4 is 4.72 Å². The van der Waals surface area contributed by atoms with Gasteiger partial charge in [-0.2, -0.15) is 0 Å². The van der Waals surface area contributed by atoms with Crippen LogP contribution in [-0.4, -0.2) is 19.6 Å². The summed E-state index contributed by atoms with van der Waals surface area (Å²) in [7, 11) is -3.78. The molecular weight excluding hydrogens is 321 g/mol. The topological polar surface area (TPSA) is 66.4 Å². The molecule has 0 spiro atoms. The van der Waals surface area contributed by atoms with Crippen LogP contribution >= 0.6 is 23.2 Å². The molecule has 1 atom stereocenters. The summed E-state index contributed by atoms with van der Waals surface area (Å²) in [5.41, 5.74) is 0.289. The van der Waals surface area contributed by atoms with Crippen molar-refractivity contribution in [3.8, 4) is 0 Å². The van der Waals surface area contributed by atoms with Gasteiger partial charge in [-0.15, -0.1) is 0 Å². The summed E-state index contributed by atoms with van der Waals surface area (Å²) in [5.74, 6) is 0.157. The summed E-state index contributed by atoms with van der Waals surface area (Å²) >= 11 is 11.9. The molecule has 0 radical (unpaired) electrons. The number of aliphatic hydroxyl groups excluding tert-OH is 1. The Bertz CT molecular complexity index is 573. The van der Waals surface area contributed by atoms with Gasteiger partial charge in [-0.1, -0.05) is 44.0 Å². The van der Waals surface area contributed by atoms with Gasteiger partial charge in [0.2, 0.25) is 10.0 Å². The predicted octanol–water partition coefficient (Wildman–Crippen LogP) is 3.20. The van der Waals surface area contributed by atoms with E-state index >= 15 is 0 Å². The van der Waals surface area contributed by atoms with E-state index in [0.717, 1.165) is 0 Å². The predicted molar refractivity (Wildman–Crippen MR) is 81.6 cm³/mol. The molecule has 7 heteroatoms. The first-order valence-corrected chi connectivity index (χ1v) is 8.58. The highest BCUT2D eigenvalue weighted by Gasteiger charge is 2.25. The molecule has 114 valence electrons. The molecular formula is C13H19Cl2NO3S. The third kappa shape index (κ3) is 4.09. The summed E-state index contributed by atoms with van der Waals surface area (Å²) in [6.45, 7) is 5.42. The molecule has 0 fully saturated rings. The lowest BCUT2D eigenvalue weighted by atomic mass is 10.0. The second kappa shape index (κ2) is 7.09. The van der Waals surface area contributed by atoms with Crippen LogP contribution in [0.2, 0.25) is 10.0 Å². The lowest BCUT2D eigenvalue weighted by Crippen LogP contribution is -2.38. The largest absolute Gasteiger partial charge is 0.392 e. The van der Waals surface area contributed by atoms with Crippen molar-refractivity contribution in [2.75, 3.05) is 0 Å². The molecule has 0 aliphatic carbocycles. The van der Waals surface area contributed by atoms with E-state index in [4.69, 9.17) is 23.2 Å². The van der Waals surface area contributed by atoms with Crippen molar-refractivity contribution >= 4 is 33.2 Å². The van der Waals surface area contributed by atoms with Gasteiger partial charge in [0.25, 0.3) is 0 Å². The molecule has 0 heterocycles. The summed E-state index contributed by atoms with van der Waals surface area (Å²) < 4.78 is 27.4. The zero-order valence-corrected chi connectivity index (χ0v) is 14.0. The summed E-state index contributed by atoms with van der Waals surface area (Å²) in [5, 5.41) is 9.41. The first-order chi connectivity index (χ1) is 9.22. The quantitative estimate of drug-likeness (QED) is 0.836.